The Kier molecular flexibility index (Phi) is 4.87. The van der Waals surface area contributed by atoms with Crippen LogP contribution in [0.5, 0.6) is 0 Å². The molecule has 3 aromatic heterocycles. The number of thiophene rings is 1. The van der Waals surface area contributed by atoms with Crippen molar-refractivity contribution in [3.8, 4) is 0 Å². The van der Waals surface area contributed by atoms with Crippen LogP contribution >= 0.6 is 11.3 Å². The molecule has 0 fully saturated rings. The fourth-order valence-corrected chi connectivity index (χ4v) is 5.70. The molecule has 5 rings (SSSR count). The Bertz CT molecular complexity index is 1230. The van der Waals surface area contributed by atoms with Crippen molar-refractivity contribution >= 4 is 38.4 Å². The Morgan fingerprint density at radius 3 is 3.00 bits per heavy atom. The van der Waals surface area contributed by atoms with Gasteiger partial charge in [0.1, 0.15) is 4.83 Å². The molecule has 4 aromatic rings. The Hall–Kier alpha value is -2.60. The number of anilines is 1. The van der Waals surface area contributed by atoms with Gasteiger partial charge in [-0.3, -0.25) is 9.36 Å². The minimum atomic E-state index is 0.130. The molecule has 0 bridgehead atoms. The molecule has 6 heteroatoms. The summed E-state index contributed by atoms with van der Waals surface area (Å²) in [6, 6.07) is 8.36. The standard InChI is InChI=1S/C23H26N4OS/c1-2-13-27-22(28)20-17-8-4-6-10-19(17)29-21(20)26-23(27)24-12-11-15-14-25-18-9-5-3-7-16(15)18/h3,5,7,9,14,25H,2,4,6,8,10-13H2,1H3,(H,24,26). The molecule has 0 radical (unpaired) electrons. The number of nitrogens with one attached hydrogen (secondary N) is 2. The lowest BCUT2D eigenvalue weighted by Crippen LogP contribution is -2.26. The van der Waals surface area contributed by atoms with Gasteiger partial charge in [0.25, 0.3) is 5.56 Å². The van der Waals surface area contributed by atoms with Gasteiger partial charge < -0.3 is 10.3 Å². The maximum atomic E-state index is 13.3. The number of benzene rings is 1. The molecule has 1 aromatic carbocycles. The second-order valence-corrected chi connectivity index (χ2v) is 8.90. The van der Waals surface area contributed by atoms with Crippen LogP contribution in [0.15, 0.2) is 35.3 Å². The summed E-state index contributed by atoms with van der Waals surface area (Å²) in [6.07, 6.45) is 8.38. The molecule has 150 valence electrons. The van der Waals surface area contributed by atoms with E-state index in [1.165, 1.54) is 34.2 Å². The van der Waals surface area contributed by atoms with Gasteiger partial charge in [0.05, 0.1) is 5.39 Å². The lowest BCUT2D eigenvalue weighted by atomic mass is 9.97. The van der Waals surface area contributed by atoms with E-state index in [1.807, 2.05) is 10.6 Å². The van der Waals surface area contributed by atoms with Crippen LogP contribution < -0.4 is 10.9 Å². The number of hydrogen-bond donors (Lipinski definition) is 2. The number of para-hydroxylation sites is 1. The normalized spacial score (nSPS) is 13.8. The quantitative estimate of drug-likeness (QED) is 0.480. The lowest BCUT2D eigenvalue weighted by Gasteiger charge is -2.14. The van der Waals surface area contributed by atoms with E-state index in [9.17, 15) is 4.79 Å². The van der Waals surface area contributed by atoms with Crippen molar-refractivity contribution in [3.63, 3.8) is 0 Å². The Labute approximate surface area is 173 Å². The van der Waals surface area contributed by atoms with Crippen molar-refractivity contribution in [2.45, 2.75) is 52.0 Å². The largest absolute Gasteiger partial charge is 0.361 e. The first-order valence-corrected chi connectivity index (χ1v) is 11.4. The Balaban J connectivity index is 1.45. The van der Waals surface area contributed by atoms with E-state index in [-0.39, 0.29) is 5.56 Å². The summed E-state index contributed by atoms with van der Waals surface area (Å²) in [7, 11) is 0. The van der Waals surface area contributed by atoms with Crippen LogP contribution in [0.3, 0.4) is 0 Å². The third kappa shape index (κ3) is 3.25. The van der Waals surface area contributed by atoms with Crippen molar-refractivity contribution < 1.29 is 0 Å². The zero-order chi connectivity index (χ0) is 19.8. The van der Waals surface area contributed by atoms with Gasteiger partial charge in [-0.2, -0.15) is 0 Å². The zero-order valence-corrected chi connectivity index (χ0v) is 17.6. The van der Waals surface area contributed by atoms with Crippen molar-refractivity contribution in [2.24, 2.45) is 0 Å². The molecule has 0 atom stereocenters. The van der Waals surface area contributed by atoms with E-state index in [0.717, 1.165) is 48.0 Å². The van der Waals surface area contributed by atoms with E-state index < -0.39 is 0 Å². The van der Waals surface area contributed by atoms with Crippen molar-refractivity contribution in [2.75, 3.05) is 11.9 Å². The highest BCUT2D eigenvalue weighted by atomic mass is 32.1. The minimum Gasteiger partial charge on any atom is -0.361 e. The molecule has 2 N–H and O–H groups in total. The highest BCUT2D eigenvalue weighted by Gasteiger charge is 2.21. The Morgan fingerprint density at radius 1 is 1.24 bits per heavy atom. The molecular weight excluding hydrogens is 380 g/mol. The third-order valence-electron chi connectivity index (χ3n) is 5.87. The van der Waals surface area contributed by atoms with Crippen LogP contribution in [0.25, 0.3) is 21.1 Å². The average molecular weight is 407 g/mol. The van der Waals surface area contributed by atoms with Crippen LogP contribution in [0.2, 0.25) is 0 Å². The summed E-state index contributed by atoms with van der Waals surface area (Å²) in [6.45, 7) is 3.55. The molecule has 0 saturated carbocycles. The molecule has 1 aliphatic rings. The summed E-state index contributed by atoms with van der Waals surface area (Å²) < 4.78 is 1.85. The number of fused-ring (bicyclic) bond motifs is 4. The van der Waals surface area contributed by atoms with Crippen molar-refractivity contribution in [3.05, 3.63) is 56.8 Å². The summed E-state index contributed by atoms with van der Waals surface area (Å²) in [4.78, 5) is 23.8. The molecule has 3 heterocycles. The summed E-state index contributed by atoms with van der Waals surface area (Å²) >= 11 is 1.72. The van der Waals surface area contributed by atoms with Crippen molar-refractivity contribution in [1.82, 2.24) is 14.5 Å². The number of aryl methyl sites for hydroxylation is 2. The fraction of sp³-hybridized carbons (Fsp3) is 0.391. The van der Waals surface area contributed by atoms with Gasteiger partial charge in [-0.25, -0.2) is 4.98 Å². The molecule has 1 aliphatic carbocycles. The number of rotatable bonds is 6. The molecule has 0 amide bonds. The summed E-state index contributed by atoms with van der Waals surface area (Å²) in [5, 5.41) is 5.59. The van der Waals surface area contributed by atoms with Gasteiger partial charge >= 0.3 is 0 Å². The first kappa shape index (κ1) is 18.4. The van der Waals surface area contributed by atoms with E-state index in [4.69, 9.17) is 4.98 Å². The van der Waals surface area contributed by atoms with Gasteiger partial charge in [-0.15, -0.1) is 11.3 Å². The zero-order valence-electron chi connectivity index (χ0n) is 16.8. The van der Waals surface area contributed by atoms with Gasteiger partial charge in [0, 0.05) is 35.1 Å². The van der Waals surface area contributed by atoms with Gasteiger partial charge in [-0.05, 0) is 55.7 Å². The molecule has 0 saturated heterocycles. The van der Waals surface area contributed by atoms with Gasteiger partial charge in [-0.1, -0.05) is 25.1 Å². The lowest BCUT2D eigenvalue weighted by molar-refractivity contribution is 0.651. The van der Waals surface area contributed by atoms with Crippen LogP contribution in [-0.2, 0) is 25.8 Å². The third-order valence-corrected chi connectivity index (χ3v) is 7.06. The topological polar surface area (TPSA) is 62.7 Å². The van der Waals surface area contributed by atoms with Crippen LogP contribution in [0, 0.1) is 0 Å². The first-order chi connectivity index (χ1) is 14.3. The van der Waals surface area contributed by atoms with E-state index in [0.29, 0.717) is 12.5 Å². The maximum Gasteiger partial charge on any atom is 0.263 e. The molecular formula is C23H26N4OS. The van der Waals surface area contributed by atoms with Crippen molar-refractivity contribution in [1.29, 1.82) is 0 Å². The minimum absolute atomic E-state index is 0.130. The summed E-state index contributed by atoms with van der Waals surface area (Å²) in [5.74, 6) is 0.711. The molecule has 5 nitrogen and oxygen atoms in total. The predicted molar refractivity (Wildman–Crippen MR) is 121 cm³/mol. The van der Waals surface area contributed by atoms with Gasteiger partial charge in [0.2, 0.25) is 5.95 Å². The monoisotopic (exact) mass is 406 g/mol. The highest BCUT2D eigenvalue weighted by molar-refractivity contribution is 7.18. The maximum absolute atomic E-state index is 13.3. The van der Waals surface area contributed by atoms with Gasteiger partial charge in [0.15, 0.2) is 0 Å². The molecule has 0 aliphatic heterocycles. The molecule has 0 unspecified atom stereocenters. The van der Waals surface area contributed by atoms with Crippen LogP contribution in [-0.4, -0.2) is 21.1 Å². The molecule has 0 spiro atoms. The first-order valence-electron chi connectivity index (χ1n) is 10.6. The van der Waals surface area contributed by atoms with E-state index in [1.54, 1.807) is 11.3 Å². The van der Waals surface area contributed by atoms with Crippen LogP contribution in [0.4, 0.5) is 5.95 Å². The fourth-order valence-electron chi connectivity index (χ4n) is 4.45. The van der Waals surface area contributed by atoms with Crippen LogP contribution in [0.1, 0.15) is 42.2 Å². The Morgan fingerprint density at radius 2 is 2.10 bits per heavy atom. The number of aromatic amines is 1. The number of nitrogens with zero attached hydrogens (tertiary/aromatic N) is 2. The van der Waals surface area contributed by atoms with E-state index >= 15 is 0 Å². The predicted octanol–water partition coefficient (Wildman–Crippen LogP) is 4.88. The second-order valence-electron chi connectivity index (χ2n) is 7.82. The number of aromatic nitrogens is 3. The average Bonchev–Trinajstić information content (AvgIpc) is 3.32. The second kappa shape index (κ2) is 7.67. The summed E-state index contributed by atoms with van der Waals surface area (Å²) in [5.41, 5.74) is 3.84. The number of H-pyrrole nitrogens is 1. The highest BCUT2D eigenvalue weighted by Crippen LogP contribution is 2.34. The van der Waals surface area contributed by atoms with E-state index in [2.05, 4.69) is 41.6 Å². The smallest absolute Gasteiger partial charge is 0.263 e. The SMILES string of the molecule is CCCn1c(NCCc2c[nH]c3ccccc23)nc2sc3c(c2c1=O)CCCC3. The molecule has 29 heavy (non-hydrogen) atoms. The number of hydrogen-bond acceptors (Lipinski definition) is 4.